The maximum Gasteiger partial charge on any atom is 0.291 e. The molecule has 0 aliphatic rings. The Bertz CT molecular complexity index is 971. The predicted octanol–water partition coefficient (Wildman–Crippen LogP) is 4.92. The summed E-state index contributed by atoms with van der Waals surface area (Å²) in [6, 6.07) is 11.9. The number of rotatable bonds is 7. The van der Waals surface area contributed by atoms with Crippen LogP contribution in [0.25, 0.3) is 0 Å². The molecule has 0 saturated heterocycles. The first-order valence-electron chi connectivity index (χ1n) is 8.20. The van der Waals surface area contributed by atoms with E-state index < -0.39 is 5.91 Å². The van der Waals surface area contributed by atoms with Crippen molar-refractivity contribution >= 4 is 23.2 Å². The molecule has 1 heterocycles. The van der Waals surface area contributed by atoms with E-state index in [9.17, 15) is 9.18 Å². The SMILES string of the molecule is COc1cc(NC(=O)c2ccc(COc3ccc(F)cc3)o2)c(OC)cc1Cl. The van der Waals surface area contributed by atoms with Crippen LogP contribution in [0.4, 0.5) is 10.1 Å². The van der Waals surface area contributed by atoms with Crippen molar-refractivity contribution in [3.05, 3.63) is 70.9 Å². The van der Waals surface area contributed by atoms with Crippen LogP contribution in [0.2, 0.25) is 5.02 Å². The molecule has 6 nitrogen and oxygen atoms in total. The number of hydrogen-bond acceptors (Lipinski definition) is 5. The molecule has 3 aromatic rings. The van der Waals surface area contributed by atoms with Crippen LogP contribution in [0.3, 0.4) is 0 Å². The lowest BCUT2D eigenvalue weighted by Gasteiger charge is -2.12. The first kappa shape index (κ1) is 19.6. The Kier molecular flexibility index (Phi) is 6.06. The molecule has 1 N–H and O–H groups in total. The van der Waals surface area contributed by atoms with E-state index in [2.05, 4.69) is 5.32 Å². The lowest BCUT2D eigenvalue weighted by atomic mass is 10.2. The van der Waals surface area contributed by atoms with Gasteiger partial charge < -0.3 is 23.9 Å². The Hall–Kier alpha value is -3.19. The minimum Gasteiger partial charge on any atom is -0.495 e. The standard InChI is InChI=1S/C20H17ClFNO5/c1-25-18-10-16(19(26-2)9-15(18)21)23-20(24)17-8-7-14(28-17)11-27-13-5-3-12(22)4-6-13/h3-10H,11H2,1-2H3,(H,23,24). The molecule has 146 valence electrons. The number of hydrogen-bond donors (Lipinski definition) is 1. The molecule has 1 amide bonds. The largest absolute Gasteiger partial charge is 0.495 e. The number of amides is 1. The zero-order valence-corrected chi connectivity index (χ0v) is 15.9. The number of benzene rings is 2. The third kappa shape index (κ3) is 4.55. The quantitative estimate of drug-likeness (QED) is 0.604. The van der Waals surface area contributed by atoms with Crippen LogP contribution in [0, 0.1) is 5.82 Å². The first-order valence-corrected chi connectivity index (χ1v) is 8.58. The number of nitrogens with one attached hydrogen (secondary N) is 1. The highest BCUT2D eigenvalue weighted by Crippen LogP contribution is 2.36. The highest BCUT2D eigenvalue weighted by molar-refractivity contribution is 6.32. The smallest absolute Gasteiger partial charge is 0.291 e. The van der Waals surface area contributed by atoms with Crippen LogP contribution in [0.5, 0.6) is 17.2 Å². The van der Waals surface area contributed by atoms with Gasteiger partial charge in [0, 0.05) is 12.1 Å². The van der Waals surface area contributed by atoms with Gasteiger partial charge in [-0.25, -0.2) is 4.39 Å². The van der Waals surface area contributed by atoms with Crippen molar-refractivity contribution in [3.63, 3.8) is 0 Å². The van der Waals surface area contributed by atoms with Crippen LogP contribution in [0.15, 0.2) is 52.9 Å². The lowest BCUT2D eigenvalue weighted by Crippen LogP contribution is -2.12. The van der Waals surface area contributed by atoms with Gasteiger partial charge in [0.05, 0.1) is 24.9 Å². The van der Waals surface area contributed by atoms with Gasteiger partial charge in [0.1, 0.15) is 35.4 Å². The molecule has 0 unspecified atom stereocenters. The van der Waals surface area contributed by atoms with E-state index in [1.807, 2.05) is 0 Å². The molecule has 0 aliphatic heterocycles. The highest BCUT2D eigenvalue weighted by atomic mass is 35.5. The fraction of sp³-hybridized carbons (Fsp3) is 0.150. The highest BCUT2D eigenvalue weighted by Gasteiger charge is 2.16. The second-order valence-corrected chi connectivity index (χ2v) is 6.06. The van der Waals surface area contributed by atoms with Gasteiger partial charge in [-0.1, -0.05) is 11.6 Å². The van der Waals surface area contributed by atoms with E-state index >= 15 is 0 Å². The van der Waals surface area contributed by atoms with Gasteiger partial charge in [-0.15, -0.1) is 0 Å². The van der Waals surface area contributed by atoms with E-state index in [0.717, 1.165) is 0 Å². The van der Waals surface area contributed by atoms with E-state index in [0.29, 0.717) is 33.7 Å². The van der Waals surface area contributed by atoms with Crippen LogP contribution >= 0.6 is 11.6 Å². The summed E-state index contributed by atoms with van der Waals surface area (Å²) in [6.45, 7) is 0.0942. The molecule has 0 saturated carbocycles. The Balaban J connectivity index is 1.68. The summed E-state index contributed by atoms with van der Waals surface area (Å²) in [5.41, 5.74) is 0.384. The summed E-state index contributed by atoms with van der Waals surface area (Å²) in [5.74, 6) is 0.969. The van der Waals surface area contributed by atoms with Gasteiger partial charge in [-0.3, -0.25) is 4.79 Å². The Morgan fingerprint density at radius 2 is 1.79 bits per heavy atom. The molecule has 8 heteroatoms. The summed E-state index contributed by atoms with van der Waals surface area (Å²) >= 11 is 6.06. The number of carbonyl (C=O) groups is 1. The fourth-order valence-electron chi connectivity index (χ4n) is 2.40. The maximum absolute atomic E-state index is 12.9. The molecule has 0 atom stereocenters. The van der Waals surface area contributed by atoms with Crippen LogP contribution in [0.1, 0.15) is 16.3 Å². The van der Waals surface area contributed by atoms with Crippen molar-refractivity contribution in [2.24, 2.45) is 0 Å². The van der Waals surface area contributed by atoms with Gasteiger partial charge in [-0.2, -0.15) is 0 Å². The molecule has 0 spiro atoms. The number of methoxy groups -OCH3 is 2. The Morgan fingerprint density at radius 1 is 1.07 bits per heavy atom. The van der Waals surface area contributed by atoms with Gasteiger partial charge in [-0.05, 0) is 36.4 Å². The fourth-order valence-corrected chi connectivity index (χ4v) is 2.64. The molecule has 2 aromatic carbocycles. The van der Waals surface area contributed by atoms with E-state index in [1.165, 1.54) is 44.6 Å². The maximum atomic E-state index is 12.9. The van der Waals surface area contributed by atoms with Crippen molar-refractivity contribution in [1.82, 2.24) is 0 Å². The van der Waals surface area contributed by atoms with Gasteiger partial charge in [0.2, 0.25) is 0 Å². The topological polar surface area (TPSA) is 69.9 Å². The lowest BCUT2D eigenvalue weighted by molar-refractivity contribution is 0.0992. The normalized spacial score (nSPS) is 10.4. The second-order valence-electron chi connectivity index (χ2n) is 5.65. The van der Waals surface area contributed by atoms with Crippen LogP contribution in [-0.4, -0.2) is 20.1 Å². The average molecular weight is 406 g/mol. The van der Waals surface area contributed by atoms with Gasteiger partial charge >= 0.3 is 0 Å². The summed E-state index contributed by atoms with van der Waals surface area (Å²) < 4.78 is 34.3. The second kappa shape index (κ2) is 8.67. The minimum atomic E-state index is -0.476. The van der Waals surface area contributed by atoms with Crippen molar-refractivity contribution in [2.75, 3.05) is 19.5 Å². The van der Waals surface area contributed by atoms with Crippen molar-refractivity contribution in [3.8, 4) is 17.2 Å². The van der Waals surface area contributed by atoms with E-state index in [4.69, 9.17) is 30.2 Å². The molecule has 28 heavy (non-hydrogen) atoms. The summed E-state index contributed by atoms with van der Waals surface area (Å²) in [5, 5.41) is 3.05. The molecule has 0 fully saturated rings. The molecule has 0 bridgehead atoms. The first-order chi connectivity index (χ1) is 13.5. The van der Waals surface area contributed by atoms with Crippen molar-refractivity contribution < 1.29 is 27.8 Å². The van der Waals surface area contributed by atoms with Crippen LogP contribution in [-0.2, 0) is 6.61 Å². The molecular weight excluding hydrogens is 389 g/mol. The predicted molar refractivity (Wildman–Crippen MR) is 102 cm³/mol. The number of furan rings is 1. The molecule has 1 aromatic heterocycles. The van der Waals surface area contributed by atoms with E-state index in [-0.39, 0.29) is 18.2 Å². The van der Waals surface area contributed by atoms with Gasteiger partial charge in [0.15, 0.2) is 5.76 Å². The van der Waals surface area contributed by atoms with E-state index in [1.54, 1.807) is 18.2 Å². The molecule has 0 aliphatic carbocycles. The molecular formula is C20H17ClFNO5. The number of halogens is 2. The number of carbonyl (C=O) groups excluding carboxylic acids is 1. The third-order valence-electron chi connectivity index (χ3n) is 3.80. The third-order valence-corrected chi connectivity index (χ3v) is 4.10. The minimum absolute atomic E-state index is 0.0914. The monoisotopic (exact) mass is 405 g/mol. The Labute approximate surface area is 165 Å². The number of anilines is 1. The molecule has 3 rings (SSSR count). The zero-order chi connectivity index (χ0) is 20.1. The van der Waals surface area contributed by atoms with Crippen molar-refractivity contribution in [2.45, 2.75) is 6.61 Å². The summed E-state index contributed by atoms with van der Waals surface area (Å²) in [6.07, 6.45) is 0. The average Bonchev–Trinajstić information content (AvgIpc) is 3.17. The molecule has 0 radical (unpaired) electrons. The van der Waals surface area contributed by atoms with Gasteiger partial charge in [0.25, 0.3) is 5.91 Å². The number of ether oxygens (including phenoxy) is 3. The Morgan fingerprint density at radius 3 is 2.46 bits per heavy atom. The van der Waals surface area contributed by atoms with Crippen molar-refractivity contribution in [1.29, 1.82) is 0 Å². The summed E-state index contributed by atoms with van der Waals surface area (Å²) in [4.78, 5) is 12.5. The van der Waals surface area contributed by atoms with Crippen LogP contribution < -0.4 is 19.5 Å². The summed E-state index contributed by atoms with van der Waals surface area (Å²) in [7, 11) is 2.94. The zero-order valence-electron chi connectivity index (χ0n) is 15.1.